The SMILES string of the molecule is CC1(C)CCC2(C(=O)n3ccnc3)CCC3C(C(=O)C=C4C5(C)C=C(C#N)C(=O)C(C)(C)C5CCC43C)C2C1. The summed E-state index contributed by atoms with van der Waals surface area (Å²) in [5.41, 5.74) is -0.563. The van der Waals surface area contributed by atoms with E-state index in [1.165, 1.54) is 0 Å². The molecule has 6 rings (SSSR count). The number of imidazole rings is 1. The second kappa shape index (κ2) is 8.12. The normalized spacial score (nSPS) is 42.1. The van der Waals surface area contributed by atoms with Crippen LogP contribution in [0.1, 0.15) is 91.3 Å². The van der Waals surface area contributed by atoms with Gasteiger partial charge in [-0.3, -0.25) is 19.0 Å². The van der Waals surface area contributed by atoms with Crippen LogP contribution in [0.25, 0.3) is 0 Å². The van der Waals surface area contributed by atoms with Crippen LogP contribution in [-0.4, -0.2) is 27.0 Å². The van der Waals surface area contributed by atoms with E-state index in [0.29, 0.717) is 0 Å². The van der Waals surface area contributed by atoms with Crippen molar-refractivity contribution in [3.63, 3.8) is 0 Å². The van der Waals surface area contributed by atoms with Crippen LogP contribution in [0, 0.1) is 62.1 Å². The highest BCUT2D eigenvalue weighted by molar-refractivity contribution is 6.04. The second-order valence-corrected chi connectivity index (χ2v) is 15.0. The predicted molar refractivity (Wildman–Crippen MR) is 147 cm³/mol. The quantitative estimate of drug-likeness (QED) is 0.424. The first-order chi connectivity index (χ1) is 18.2. The van der Waals surface area contributed by atoms with Gasteiger partial charge in [0.2, 0.25) is 5.91 Å². The lowest BCUT2D eigenvalue weighted by molar-refractivity contribution is -0.143. The molecule has 1 heterocycles. The monoisotopic (exact) mass is 527 g/mol. The summed E-state index contributed by atoms with van der Waals surface area (Å²) in [6.07, 6.45) is 14.8. The standard InChI is InChI=1S/C33H41N3O3/c1-29(2)11-12-33(28(39)36-14-13-35-19-36)10-7-21-26(22(33)17-29)23(37)15-25-31(21,5)9-8-24-30(3,4)27(38)20(18-34)16-32(24,25)6/h13-16,19,21-22,24,26H,7-12,17H2,1-6H3. The van der Waals surface area contributed by atoms with Crippen LogP contribution >= 0.6 is 0 Å². The maximum absolute atomic E-state index is 14.4. The smallest absolute Gasteiger partial charge is 0.238 e. The van der Waals surface area contributed by atoms with Crippen molar-refractivity contribution in [2.75, 3.05) is 0 Å². The van der Waals surface area contributed by atoms with Gasteiger partial charge in [-0.25, -0.2) is 4.98 Å². The van der Waals surface area contributed by atoms with Crippen molar-refractivity contribution in [2.24, 2.45) is 50.7 Å². The molecule has 0 saturated heterocycles. The third-order valence-corrected chi connectivity index (χ3v) is 12.2. The molecule has 7 unspecified atom stereocenters. The summed E-state index contributed by atoms with van der Waals surface area (Å²) in [6.45, 7) is 13.0. The molecule has 206 valence electrons. The third kappa shape index (κ3) is 3.37. The number of nitrogens with zero attached hydrogens (tertiary/aromatic N) is 3. The Hall–Kier alpha value is -2.81. The molecule has 0 aliphatic heterocycles. The Balaban J connectivity index is 1.49. The first-order valence-corrected chi connectivity index (χ1v) is 14.7. The van der Waals surface area contributed by atoms with Gasteiger partial charge in [-0.2, -0.15) is 5.26 Å². The average Bonchev–Trinajstić information content (AvgIpc) is 3.41. The Morgan fingerprint density at radius 2 is 1.77 bits per heavy atom. The molecule has 3 saturated carbocycles. The predicted octanol–water partition coefficient (Wildman–Crippen LogP) is 6.35. The van der Waals surface area contributed by atoms with Crippen molar-refractivity contribution in [3.05, 3.63) is 42.0 Å². The van der Waals surface area contributed by atoms with Crippen molar-refractivity contribution in [1.82, 2.24) is 9.55 Å². The largest absolute Gasteiger partial charge is 0.295 e. The van der Waals surface area contributed by atoms with Gasteiger partial charge in [0.25, 0.3) is 0 Å². The molecule has 3 fully saturated rings. The zero-order chi connectivity index (χ0) is 28.2. The highest BCUT2D eigenvalue weighted by Crippen LogP contribution is 2.70. The van der Waals surface area contributed by atoms with E-state index in [0.717, 1.165) is 50.5 Å². The molecule has 5 aliphatic carbocycles. The van der Waals surface area contributed by atoms with E-state index in [2.05, 4.69) is 38.7 Å². The lowest BCUT2D eigenvalue weighted by Crippen LogP contribution is -2.62. The van der Waals surface area contributed by atoms with Crippen molar-refractivity contribution >= 4 is 17.5 Å². The Kier molecular flexibility index (Phi) is 5.50. The summed E-state index contributed by atoms with van der Waals surface area (Å²) in [6, 6.07) is 2.17. The summed E-state index contributed by atoms with van der Waals surface area (Å²) < 4.78 is 1.64. The van der Waals surface area contributed by atoms with Crippen LogP contribution in [0.5, 0.6) is 0 Å². The summed E-state index contributed by atoms with van der Waals surface area (Å²) in [4.78, 5) is 45.8. The Labute approximate surface area is 231 Å². The van der Waals surface area contributed by atoms with E-state index in [9.17, 15) is 19.6 Å². The van der Waals surface area contributed by atoms with E-state index >= 15 is 0 Å². The lowest BCUT2D eigenvalue weighted by atomic mass is 9.38. The minimum absolute atomic E-state index is 0.0165. The maximum Gasteiger partial charge on any atom is 0.238 e. The number of fused-ring (bicyclic) bond motifs is 7. The molecule has 6 nitrogen and oxygen atoms in total. The van der Waals surface area contributed by atoms with Crippen molar-refractivity contribution in [1.29, 1.82) is 5.26 Å². The van der Waals surface area contributed by atoms with Gasteiger partial charge in [-0.1, -0.05) is 53.2 Å². The van der Waals surface area contributed by atoms with Gasteiger partial charge in [0.1, 0.15) is 12.4 Å². The second-order valence-electron chi connectivity index (χ2n) is 15.0. The molecule has 0 amide bonds. The molecular weight excluding hydrogens is 486 g/mol. The minimum Gasteiger partial charge on any atom is -0.295 e. The van der Waals surface area contributed by atoms with Crippen LogP contribution in [0.15, 0.2) is 42.0 Å². The molecule has 0 N–H and O–H groups in total. The number of carbonyl (C=O) groups is 3. The van der Waals surface area contributed by atoms with E-state index in [1.54, 1.807) is 23.3 Å². The number of hydrogen-bond acceptors (Lipinski definition) is 5. The van der Waals surface area contributed by atoms with E-state index < -0.39 is 16.2 Å². The lowest BCUT2D eigenvalue weighted by Gasteiger charge is -2.64. The first kappa shape index (κ1) is 26.4. The fourth-order valence-corrected chi connectivity index (χ4v) is 10.3. The molecule has 6 heteroatoms. The van der Waals surface area contributed by atoms with Gasteiger partial charge < -0.3 is 0 Å². The first-order valence-electron chi connectivity index (χ1n) is 14.7. The highest BCUT2D eigenvalue weighted by atomic mass is 16.2. The van der Waals surface area contributed by atoms with Gasteiger partial charge in [0, 0.05) is 29.1 Å². The van der Waals surface area contributed by atoms with E-state index in [4.69, 9.17) is 0 Å². The fourth-order valence-electron chi connectivity index (χ4n) is 10.3. The van der Waals surface area contributed by atoms with Crippen molar-refractivity contribution < 1.29 is 14.4 Å². The summed E-state index contributed by atoms with van der Waals surface area (Å²) in [5.74, 6) is 0.121. The van der Waals surface area contributed by atoms with Gasteiger partial charge in [-0.15, -0.1) is 0 Å². The zero-order valence-corrected chi connectivity index (χ0v) is 24.2. The third-order valence-electron chi connectivity index (χ3n) is 12.2. The summed E-state index contributed by atoms with van der Waals surface area (Å²) in [5, 5.41) is 9.87. The van der Waals surface area contributed by atoms with Gasteiger partial charge >= 0.3 is 0 Å². The van der Waals surface area contributed by atoms with Crippen LogP contribution in [0.4, 0.5) is 0 Å². The maximum atomic E-state index is 14.4. The van der Waals surface area contributed by atoms with Gasteiger partial charge in [0.15, 0.2) is 11.6 Å². The van der Waals surface area contributed by atoms with E-state index in [1.807, 2.05) is 26.0 Å². The van der Waals surface area contributed by atoms with Gasteiger partial charge in [0.05, 0.1) is 11.0 Å². The molecule has 5 aliphatic rings. The number of carbonyl (C=O) groups excluding carboxylic acids is 3. The number of aromatic nitrogens is 2. The van der Waals surface area contributed by atoms with Crippen LogP contribution < -0.4 is 0 Å². The Bertz CT molecular complexity index is 1370. The Morgan fingerprint density at radius 3 is 2.44 bits per heavy atom. The molecule has 0 aromatic carbocycles. The minimum atomic E-state index is -0.664. The van der Waals surface area contributed by atoms with Crippen LogP contribution in [0.2, 0.25) is 0 Å². The molecule has 39 heavy (non-hydrogen) atoms. The van der Waals surface area contributed by atoms with Gasteiger partial charge in [-0.05, 0) is 79.6 Å². The molecule has 7 atom stereocenters. The number of ketones is 2. The Morgan fingerprint density at radius 1 is 1.03 bits per heavy atom. The highest BCUT2D eigenvalue weighted by Gasteiger charge is 2.67. The fraction of sp³-hybridized carbons (Fsp3) is 0.667. The molecule has 0 radical (unpaired) electrons. The number of rotatable bonds is 1. The number of nitriles is 1. The van der Waals surface area contributed by atoms with Crippen LogP contribution in [-0.2, 0) is 9.59 Å². The topological polar surface area (TPSA) is 92.8 Å². The van der Waals surface area contributed by atoms with E-state index in [-0.39, 0.29) is 57.5 Å². The summed E-state index contributed by atoms with van der Waals surface area (Å²) in [7, 11) is 0. The molecule has 1 aromatic rings. The molecule has 0 spiro atoms. The van der Waals surface area contributed by atoms with Crippen LogP contribution in [0.3, 0.4) is 0 Å². The molecule has 0 bridgehead atoms. The molecule has 1 aromatic heterocycles. The number of Topliss-reactive ketones (excluding diaryl/α,β-unsaturated/α-hetero) is 1. The van der Waals surface area contributed by atoms with Crippen molar-refractivity contribution in [3.8, 4) is 6.07 Å². The number of allylic oxidation sites excluding steroid dienone is 4. The molecular formula is C33H41N3O3. The average molecular weight is 528 g/mol. The zero-order valence-electron chi connectivity index (χ0n) is 24.2. The van der Waals surface area contributed by atoms with Crippen molar-refractivity contribution in [2.45, 2.75) is 86.5 Å². The summed E-state index contributed by atoms with van der Waals surface area (Å²) >= 11 is 0. The number of hydrogen-bond donors (Lipinski definition) is 0.